The van der Waals surface area contributed by atoms with E-state index < -0.39 is 0 Å². The molecular weight excluding hydrogens is 262 g/mol. The Morgan fingerprint density at radius 3 is 2.52 bits per heavy atom. The van der Waals surface area contributed by atoms with E-state index in [1.807, 2.05) is 12.1 Å². The van der Waals surface area contributed by atoms with Crippen molar-refractivity contribution in [2.75, 3.05) is 7.11 Å². The van der Waals surface area contributed by atoms with Crippen molar-refractivity contribution in [3.63, 3.8) is 0 Å². The molecule has 110 valence electrons. The van der Waals surface area contributed by atoms with E-state index in [9.17, 15) is 5.11 Å². The smallest absolute Gasteiger partial charge is 0.124 e. The summed E-state index contributed by atoms with van der Waals surface area (Å²) in [7, 11) is 1.60. The number of nitrogens with zero attached hydrogens (tertiary/aromatic N) is 1. The van der Waals surface area contributed by atoms with Gasteiger partial charge < -0.3 is 9.84 Å². The second-order valence-electron chi connectivity index (χ2n) is 5.08. The molecule has 0 saturated carbocycles. The van der Waals surface area contributed by atoms with Crippen LogP contribution in [0.3, 0.4) is 0 Å². The summed E-state index contributed by atoms with van der Waals surface area (Å²) in [6, 6.07) is 13.3. The monoisotopic (exact) mass is 283 g/mol. The largest absolute Gasteiger partial charge is 0.507 e. The molecule has 0 saturated heterocycles. The van der Waals surface area contributed by atoms with E-state index in [1.54, 1.807) is 31.5 Å². The topological polar surface area (TPSA) is 41.8 Å². The van der Waals surface area contributed by atoms with Crippen molar-refractivity contribution in [1.29, 1.82) is 0 Å². The van der Waals surface area contributed by atoms with Gasteiger partial charge in [-0.3, -0.25) is 4.99 Å². The maximum Gasteiger partial charge on any atom is 0.124 e. The minimum atomic E-state index is 0.191. The van der Waals surface area contributed by atoms with Crippen molar-refractivity contribution in [2.45, 2.75) is 26.2 Å². The summed E-state index contributed by atoms with van der Waals surface area (Å²) in [6.07, 6.45) is 2.77. The van der Waals surface area contributed by atoms with Gasteiger partial charge in [0.05, 0.1) is 12.8 Å². The van der Waals surface area contributed by atoms with E-state index in [1.165, 1.54) is 5.56 Å². The molecule has 0 aromatic heterocycles. The molecule has 2 aromatic carbocycles. The first kappa shape index (κ1) is 15.1. The minimum Gasteiger partial charge on any atom is -0.507 e. The third-order valence-electron chi connectivity index (χ3n) is 3.66. The molecule has 2 aromatic rings. The molecule has 0 aliphatic rings. The Morgan fingerprint density at radius 2 is 1.90 bits per heavy atom. The SMILES string of the molecule is CCC(C)c1ccc(N=Cc2cc(OC)ccc2O)cc1. The number of benzene rings is 2. The molecule has 0 aliphatic heterocycles. The van der Waals surface area contributed by atoms with Crippen LogP contribution >= 0.6 is 0 Å². The predicted molar refractivity (Wildman–Crippen MR) is 87.1 cm³/mol. The van der Waals surface area contributed by atoms with Gasteiger partial charge in [-0.25, -0.2) is 0 Å². The Hall–Kier alpha value is -2.29. The number of phenolic OH excluding ortho intramolecular Hbond substituents is 1. The lowest BCUT2D eigenvalue weighted by molar-refractivity contribution is 0.412. The van der Waals surface area contributed by atoms with Gasteiger partial charge in [-0.2, -0.15) is 0 Å². The first-order chi connectivity index (χ1) is 10.1. The Kier molecular flexibility index (Phi) is 4.99. The molecule has 0 bridgehead atoms. The van der Waals surface area contributed by atoms with Crippen LogP contribution in [0.4, 0.5) is 5.69 Å². The number of methoxy groups -OCH3 is 1. The van der Waals surface area contributed by atoms with Crippen LogP contribution in [0.5, 0.6) is 11.5 Å². The van der Waals surface area contributed by atoms with Crippen LogP contribution in [0.25, 0.3) is 0 Å². The van der Waals surface area contributed by atoms with Crippen LogP contribution < -0.4 is 4.74 Å². The number of aromatic hydroxyl groups is 1. The zero-order valence-corrected chi connectivity index (χ0v) is 12.7. The van der Waals surface area contributed by atoms with E-state index in [0.29, 0.717) is 17.2 Å². The lowest BCUT2D eigenvalue weighted by Gasteiger charge is -2.08. The third-order valence-corrected chi connectivity index (χ3v) is 3.66. The zero-order valence-electron chi connectivity index (χ0n) is 12.7. The number of aliphatic imine (C=N–C) groups is 1. The minimum absolute atomic E-state index is 0.191. The van der Waals surface area contributed by atoms with Gasteiger partial charge in [0.1, 0.15) is 11.5 Å². The first-order valence-electron chi connectivity index (χ1n) is 7.15. The van der Waals surface area contributed by atoms with Crippen LogP contribution in [0, 0.1) is 0 Å². The molecule has 0 radical (unpaired) electrons. The Balaban J connectivity index is 2.17. The molecule has 21 heavy (non-hydrogen) atoms. The number of hydrogen-bond donors (Lipinski definition) is 1. The second kappa shape index (κ2) is 6.93. The average Bonchev–Trinajstić information content (AvgIpc) is 2.54. The summed E-state index contributed by atoms with van der Waals surface area (Å²) < 4.78 is 5.14. The number of rotatable bonds is 5. The number of ether oxygens (including phenoxy) is 1. The summed E-state index contributed by atoms with van der Waals surface area (Å²) in [5, 5.41) is 9.81. The first-order valence-corrected chi connectivity index (χ1v) is 7.15. The fraction of sp³-hybridized carbons (Fsp3) is 0.278. The fourth-order valence-electron chi connectivity index (χ4n) is 2.03. The number of phenols is 1. The molecule has 0 heterocycles. The predicted octanol–water partition coefficient (Wildman–Crippen LogP) is 4.66. The maximum atomic E-state index is 9.81. The van der Waals surface area contributed by atoms with Crippen molar-refractivity contribution >= 4 is 11.9 Å². The second-order valence-corrected chi connectivity index (χ2v) is 5.08. The average molecular weight is 283 g/mol. The van der Waals surface area contributed by atoms with Crippen LogP contribution in [0.1, 0.15) is 37.3 Å². The van der Waals surface area contributed by atoms with Gasteiger partial charge in [0.15, 0.2) is 0 Å². The van der Waals surface area contributed by atoms with Gasteiger partial charge in [-0.15, -0.1) is 0 Å². The van der Waals surface area contributed by atoms with E-state index in [0.717, 1.165) is 12.1 Å². The van der Waals surface area contributed by atoms with Crippen molar-refractivity contribution in [3.8, 4) is 11.5 Å². The third kappa shape index (κ3) is 3.85. The highest BCUT2D eigenvalue weighted by Crippen LogP contribution is 2.24. The van der Waals surface area contributed by atoms with E-state index >= 15 is 0 Å². The van der Waals surface area contributed by atoms with Gasteiger partial charge >= 0.3 is 0 Å². The Labute approximate surface area is 125 Å². The van der Waals surface area contributed by atoms with Gasteiger partial charge in [0, 0.05) is 11.8 Å². The standard InChI is InChI=1S/C18H21NO2/c1-4-13(2)14-5-7-16(8-6-14)19-12-15-11-17(21-3)9-10-18(15)20/h5-13,20H,4H2,1-3H3. The lowest BCUT2D eigenvalue weighted by Crippen LogP contribution is -1.89. The summed E-state index contributed by atoms with van der Waals surface area (Å²) in [5.41, 5.74) is 2.82. The van der Waals surface area contributed by atoms with E-state index in [2.05, 4.69) is 31.0 Å². The molecule has 1 N–H and O–H groups in total. The van der Waals surface area contributed by atoms with Crippen molar-refractivity contribution in [3.05, 3.63) is 53.6 Å². The number of hydrogen-bond acceptors (Lipinski definition) is 3. The fourth-order valence-corrected chi connectivity index (χ4v) is 2.03. The summed E-state index contributed by atoms with van der Waals surface area (Å²) >= 11 is 0. The summed E-state index contributed by atoms with van der Waals surface area (Å²) in [6.45, 7) is 4.40. The van der Waals surface area contributed by atoms with Gasteiger partial charge in [0.2, 0.25) is 0 Å². The zero-order chi connectivity index (χ0) is 15.2. The highest BCUT2D eigenvalue weighted by atomic mass is 16.5. The van der Waals surface area contributed by atoms with Gasteiger partial charge in [-0.1, -0.05) is 26.0 Å². The molecule has 1 unspecified atom stereocenters. The maximum absolute atomic E-state index is 9.81. The normalized spacial score (nSPS) is 12.5. The summed E-state index contributed by atoms with van der Waals surface area (Å²) in [4.78, 5) is 4.40. The molecule has 0 spiro atoms. The molecule has 0 amide bonds. The molecular formula is C18H21NO2. The quantitative estimate of drug-likeness (QED) is 0.810. The van der Waals surface area contributed by atoms with E-state index in [4.69, 9.17) is 4.74 Å². The van der Waals surface area contributed by atoms with Crippen LogP contribution in [0.2, 0.25) is 0 Å². The molecule has 0 fully saturated rings. The highest BCUT2D eigenvalue weighted by Gasteiger charge is 2.03. The van der Waals surface area contributed by atoms with Crippen molar-refractivity contribution < 1.29 is 9.84 Å². The molecule has 2 rings (SSSR count). The summed E-state index contributed by atoms with van der Waals surface area (Å²) in [5.74, 6) is 1.45. The van der Waals surface area contributed by atoms with Crippen molar-refractivity contribution in [1.82, 2.24) is 0 Å². The molecule has 0 aliphatic carbocycles. The lowest BCUT2D eigenvalue weighted by atomic mass is 9.99. The van der Waals surface area contributed by atoms with Crippen LogP contribution in [0.15, 0.2) is 47.5 Å². The van der Waals surface area contributed by atoms with Gasteiger partial charge in [-0.05, 0) is 48.2 Å². The van der Waals surface area contributed by atoms with Crippen molar-refractivity contribution in [2.24, 2.45) is 4.99 Å². The highest BCUT2D eigenvalue weighted by molar-refractivity contribution is 5.85. The molecule has 3 heteroatoms. The van der Waals surface area contributed by atoms with Crippen LogP contribution in [-0.2, 0) is 0 Å². The molecule has 1 atom stereocenters. The Morgan fingerprint density at radius 1 is 1.19 bits per heavy atom. The van der Waals surface area contributed by atoms with Crippen LogP contribution in [-0.4, -0.2) is 18.4 Å². The Bertz CT molecular complexity index is 618. The van der Waals surface area contributed by atoms with E-state index in [-0.39, 0.29) is 5.75 Å². The molecule has 3 nitrogen and oxygen atoms in total. The van der Waals surface area contributed by atoms with Gasteiger partial charge in [0.25, 0.3) is 0 Å².